The quantitative estimate of drug-likeness (QED) is 0.0307. The number of rotatable bonds is 23. The summed E-state index contributed by atoms with van der Waals surface area (Å²) in [7, 11) is 1.44. The maximum absolute atomic E-state index is 15.2. The molecule has 4 fully saturated rings. The van der Waals surface area contributed by atoms with Crippen LogP contribution in [-0.2, 0) is 60.7 Å². The zero-order valence-corrected chi connectivity index (χ0v) is 57.7. The molecule has 10 rings (SSSR count). The lowest BCUT2D eigenvalue weighted by Crippen LogP contribution is -2.68. The molecule has 0 saturated carbocycles. The Morgan fingerprint density at radius 2 is 1.14 bits per heavy atom. The van der Waals surface area contributed by atoms with Crippen molar-refractivity contribution in [3.63, 3.8) is 0 Å². The summed E-state index contributed by atoms with van der Waals surface area (Å²) in [5, 5.41) is 165. The molecule has 4 aromatic rings. The first-order chi connectivity index (χ1) is 51.2. The van der Waals surface area contributed by atoms with Gasteiger partial charge in [0, 0.05) is 24.9 Å². The van der Waals surface area contributed by atoms with Crippen LogP contribution in [0, 0.1) is 0 Å². The van der Waals surface area contributed by atoms with E-state index >= 15 is 9.59 Å². The Kier molecular flexibility index (Phi) is 27.1. The van der Waals surface area contributed by atoms with Gasteiger partial charge in [0.25, 0.3) is 0 Å². The largest absolute Gasteiger partial charge is 0.493 e. The number of hydrogen-bond donors (Lipinski definition) is 23. The minimum Gasteiger partial charge on any atom is -0.493 e. The fourth-order valence-electron chi connectivity index (χ4n) is 13.1. The van der Waals surface area contributed by atoms with E-state index in [0.29, 0.717) is 11.3 Å². The van der Waals surface area contributed by atoms with Gasteiger partial charge in [0.15, 0.2) is 29.9 Å². The van der Waals surface area contributed by atoms with E-state index in [1.165, 1.54) is 43.5 Å². The van der Waals surface area contributed by atoms with Crippen molar-refractivity contribution in [1.82, 2.24) is 42.5 Å². The van der Waals surface area contributed by atoms with Crippen molar-refractivity contribution in [3.05, 3.63) is 120 Å². The van der Waals surface area contributed by atoms with Crippen LogP contribution in [0.1, 0.15) is 29.5 Å². The molecule has 1 unspecified atom stereocenters. The van der Waals surface area contributed by atoms with Crippen molar-refractivity contribution in [3.8, 4) is 23.0 Å². The SMILES string of the molecule is COc1ccc(O[C@@H]2[C@H](O)[C@H](O)[C@H](O[C@@H]3[C@@H](O)[C@@H](O)[C@H](Oc4ccc(C[C@H]5NC(=O)C([C@H](C)c6ccccc6)NC(=O)CNC(=O)[C@H](CO)NC(=O)[C@@H]([C@H](O)[C@@H]6CNC(N)=[N+]6[C@@H]6O[C@@H](CO)[C@H](O)[C@H](O)[C@@H]6O)NC(=O)[C@H]([C@H](O)[C@@H]6CNC(N)=N6)NC5=O)cc4)O[C@@H]3CO)O[C@H]2CO)cc1OCc1ccccc1. The van der Waals surface area contributed by atoms with E-state index in [-0.39, 0.29) is 47.9 Å². The first-order valence-electron chi connectivity index (χ1n) is 34.3. The van der Waals surface area contributed by atoms with Gasteiger partial charge < -0.3 is 147 Å². The fraction of sp³-hybridized carbons (Fsp3) is 0.529. The van der Waals surface area contributed by atoms with Gasteiger partial charge >= 0.3 is 5.96 Å². The molecule has 584 valence electrons. The zero-order valence-electron chi connectivity index (χ0n) is 57.7. The highest BCUT2D eigenvalue weighted by Crippen LogP contribution is 2.36. The van der Waals surface area contributed by atoms with Gasteiger partial charge in [-0.25, -0.2) is 9.57 Å². The molecule has 6 heterocycles. The number of carbonyl (C=O) groups is 6. The van der Waals surface area contributed by atoms with Crippen LogP contribution in [0.3, 0.4) is 0 Å². The van der Waals surface area contributed by atoms with Crippen LogP contribution >= 0.6 is 0 Å². The molecule has 0 spiro atoms. The zero-order chi connectivity index (χ0) is 77.1. The summed E-state index contributed by atoms with van der Waals surface area (Å²) in [6, 6.07) is 14.6. The van der Waals surface area contributed by atoms with Crippen LogP contribution in [-0.4, -0.2) is 318 Å². The number of amides is 6. The standard InChI is InChI=1S/C68H90N12O27/c1-29(32-11-7-4-8-12-32)45-61(97)74-35(19-30-13-15-33(16-14-30)103-65-55(93)53(91)58(43(27-84)105-65)107-66-56(94)52(90)57(42(26-83)106-66)102-34-17-18-39(100-2)40(20-34)101-28-31-9-5-3-6-10-31)60(96)78-46(48(86)36-21-72-67(69)76-36)63(99)79-47(62(98)75-37(24-81)59(95)71-23-44(85)77-45)49(87)38-22-73-68(70)80(38)64-54(92)51(89)50(88)41(25-82)104-64/h3-18,20,29,35-38,41-43,45-58,64-66,81-84,86-94H,19,21-28H2,1-2H3,(H11,69,70,71,72,73,74,75,76,77,78,79,85,95,96,97,98,99)/p+1/t29-,35-,36+,37+,38+,41+,42+,43-,45?,46+,47-,48-,49-,50+,51+,52-,53+,54+,55-,56+,57+,58+,64-,65-,66+/m1/s1. The van der Waals surface area contributed by atoms with Gasteiger partial charge in [0.1, 0.15) is 140 Å². The van der Waals surface area contributed by atoms with Crippen LogP contribution in [0.4, 0.5) is 0 Å². The molecule has 0 bridgehead atoms. The Hall–Kier alpha value is -9.24. The highest BCUT2D eigenvalue weighted by atomic mass is 16.7. The maximum atomic E-state index is 15.2. The van der Waals surface area contributed by atoms with Crippen molar-refractivity contribution in [2.75, 3.05) is 53.2 Å². The normalized spacial score (nSPS) is 33.5. The van der Waals surface area contributed by atoms with Crippen molar-refractivity contribution < 1.29 is 138 Å². The minimum atomic E-state index is -2.34. The highest BCUT2D eigenvalue weighted by Gasteiger charge is 2.55. The molecule has 107 heavy (non-hydrogen) atoms. The van der Waals surface area contributed by atoms with E-state index < -0.39 is 234 Å². The fourth-order valence-corrected chi connectivity index (χ4v) is 13.1. The number of hydrogen-bond acceptors (Lipinski definition) is 32. The van der Waals surface area contributed by atoms with E-state index in [9.17, 15) is 85.6 Å². The predicted molar refractivity (Wildman–Crippen MR) is 364 cm³/mol. The summed E-state index contributed by atoms with van der Waals surface area (Å²) in [6.07, 6.45) is -31.5. The number of methoxy groups -OCH3 is 1. The Balaban J connectivity index is 0.890. The molecular formula is C68H91N12O27+. The second kappa shape index (κ2) is 36.1. The number of aliphatic hydroxyl groups is 13. The first kappa shape index (κ1) is 80.3. The Morgan fingerprint density at radius 1 is 0.542 bits per heavy atom. The second-order valence-corrected chi connectivity index (χ2v) is 26.3. The molecule has 6 aliphatic heterocycles. The lowest BCUT2D eigenvalue weighted by molar-refractivity contribution is -0.663. The van der Waals surface area contributed by atoms with Crippen LogP contribution in [0.25, 0.3) is 0 Å². The van der Waals surface area contributed by atoms with Crippen molar-refractivity contribution >= 4 is 47.4 Å². The third-order valence-corrected chi connectivity index (χ3v) is 19.2. The van der Waals surface area contributed by atoms with Gasteiger partial charge in [-0.15, -0.1) is 0 Å². The van der Waals surface area contributed by atoms with Crippen LogP contribution in [0.5, 0.6) is 23.0 Å². The Morgan fingerprint density at radius 3 is 1.79 bits per heavy atom. The topological polar surface area (TPSA) is 603 Å². The summed E-state index contributed by atoms with van der Waals surface area (Å²) in [4.78, 5) is 91.9. The molecule has 0 aliphatic carbocycles. The minimum absolute atomic E-state index is 0.0789. The average Bonchev–Trinajstić information content (AvgIpc) is 1.75. The Labute approximate surface area is 610 Å². The predicted octanol–water partition coefficient (Wildman–Crippen LogP) is -10.6. The van der Waals surface area contributed by atoms with Crippen LogP contribution < -0.4 is 72.9 Å². The van der Waals surface area contributed by atoms with Gasteiger partial charge in [0.05, 0.1) is 46.1 Å². The third kappa shape index (κ3) is 18.7. The molecule has 0 aromatic heterocycles. The van der Waals surface area contributed by atoms with Crippen molar-refractivity contribution in [2.24, 2.45) is 16.5 Å². The molecule has 6 aliphatic rings. The van der Waals surface area contributed by atoms with Gasteiger partial charge in [-0.3, -0.25) is 39.8 Å². The van der Waals surface area contributed by atoms with E-state index in [1.54, 1.807) is 43.3 Å². The summed E-state index contributed by atoms with van der Waals surface area (Å²) in [5.41, 5.74) is 13.8. The number of aliphatic hydroxyl groups excluding tert-OH is 13. The smallest absolute Gasteiger partial charge is 0.346 e. The van der Waals surface area contributed by atoms with E-state index in [2.05, 4.69) is 47.5 Å². The van der Waals surface area contributed by atoms with Gasteiger partial charge in [-0.1, -0.05) is 79.7 Å². The average molecular weight is 1510 g/mol. The first-order valence-corrected chi connectivity index (χ1v) is 34.3. The summed E-state index contributed by atoms with van der Waals surface area (Å²) in [6.45, 7) is -3.62. The molecule has 39 heteroatoms. The number of nitrogens with one attached hydrogen (secondary N) is 8. The molecule has 4 aromatic carbocycles. The molecule has 25 N–H and O–H groups in total. The highest BCUT2D eigenvalue weighted by molar-refractivity contribution is 5.98. The van der Waals surface area contributed by atoms with E-state index in [0.717, 1.165) is 10.1 Å². The number of nitrogens with zero attached hydrogens (tertiary/aromatic N) is 2. The molecule has 0 radical (unpaired) electrons. The summed E-state index contributed by atoms with van der Waals surface area (Å²) in [5.74, 6) is -8.15. The van der Waals surface area contributed by atoms with E-state index in [4.69, 9.17) is 49.4 Å². The molecule has 39 nitrogen and oxygen atoms in total. The van der Waals surface area contributed by atoms with Gasteiger partial charge in [-0.05, 0) is 41.0 Å². The van der Waals surface area contributed by atoms with Crippen LogP contribution in [0.15, 0.2) is 108 Å². The second-order valence-electron chi connectivity index (χ2n) is 26.3. The molecule has 25 atom stereocenters. The van der Waals surface area contributed by atoms with Gasteiger partial charge in [0.2, 0.25) is 48.0 Å². The van der Waals surface area contributed by atoms with E-state index in [1.807, 2.05) is 30.3 Å². The molecular weight excluding hydrogens is 1420 g/mol. The lowest BCUT2D eigenvalue weighted by atomic mass is 9.92. The Bertz CT molecular complexity index is 3760. The lowest BCUT2D eigenvalue weighted by Gasteiger charge is -2.46. The summed E-state index contributed by atoms with van der Waals surface area (Å²) < 4.78 is 47.8. The molecule has 6 amide bonds. The maximum Gasteiger partial charge on any atom is 0.346 e. The number of nitrogens with two attached hydrogens (primary N) is 2. The summed E-state index contributed by atoms with van der Waals surface area (Å²) >= 11 is 0. The number of benzene rings is 4. The molecule has 4 saturated heterocycles. The number of ether oxygens (including phenoxy) is 8. The number of carbonyl (C=O) groups excluding carboxylic acids is 6. The van der Waals surface area contributed by atoms with Crippen molar-refractivity contribution in [2.45, 2.75) is 172 Å². The van der Waals surface area contributed by atoms with Crippen LogP contribution in [0.2, 0.25) is 0 Å². The number of aliphatic imine (C=N–C) groups is 1. The third-order valence-electron chi connectivity index (χ3n) is 19.2. The van der Waals surface area contributed by atoms with Crippen molar-refractivity contribution in [1.29, 1.82) is 0 Å². The number of guanidine groups is 2. The monoisotopic (exact) mass is 1510 g/mol. The van der Waals surface area contributed by atoms with Gasteiger partial charge in [-0.2, -0.15) is 0 Å².